The van der Waals surface area contributed by atoms with Gasteiger partial charge in [0, 0.05) is 30.3 Å². The Bertz CT molecular complexity index is 619. The molecule has 1 aliphatic heterocycles. The van der Waals surface area contributed by atoms with Crippen molar-refractivity contribution in [2.24, 2.45) is 5.73 Å². The van der Waals surface area contributed by atoms with E-state index in [0.717, 1.165) is 24.4 Å². The highest BCUT2D eigenvalue weighted by Gasteiger charge is 2.24. The van der Waals surface area contributed by atoms with Gasteiger partial charge in [-0.15, -0.1) is 0 Å². The standard InChI is InChI=1S/C14H17N5O/c1-9-16-13(18-17-9)10-2-4-11(5-3-10)14(20)19-7-6-12(15)8-19/h2-5,12H,6-8,15H2,1H3,(H,16,17,18)/t12-/m0/s1. The van der Waals surface area contributed by atoms with Crippen molar-refractivity contribution in [3.05, 3.63) is 35.7 Å². The topological polar surface area (TPSA) is 87.9 Å². The van der Waals surface area contributed by atoms with Gasteiger partial charge in [0.2, 0.25) is 0 Å². The van der Waals surface area contributed by atoms with E-state index in [2.05, 4.69) is 15.2 Å². The Morgan fingerprint density at radius 1 is 1.40 bits per heavy atom. The number of hydrogen-bond acceptors (Lipinski definition) is 4. The highest BCUT2D eigenvalue weighted by atomic mass is 16.2. The molecule has 3 rings (SSSR count). The lowest BCUT2D eigenvalue weighted by molar-refractivity contribution is 0.0791. The van der Waals surface area contributed by atoms with Crippen LogP contribution in [0, 0.1) is 6.92 Å². The van der Waals surface area contributed by atoms with E-state index >= 15 is 0 Å². The molecule has 0 aliphatic carbocycles. The largest absolute Gasteiger partial charge is 0.337 e. The second-order valence-electron chi connectivity index (χ2n) is 5.12. The molecule has 0 bridgehead atoms. The van der Waals surface area contributed by atoms with E-state index in [-0.39, 0.29) is 11.9 Å². The summed E-state index contributed by atoms with van der Waals surface area (Å²) in [5.74, 6) is 1.45. The molecule has 1 aromatic carbocycles. The van der Waals surface area contributed by atoms with Gasteiger partial charge in [-0.25, -0.2) is 4.98 Å². The molecular formula is C14H17N5O. The maximum Gasteiger partial charge on any atom is 0.253 e. The number of rotatable bonds is 2. The molecule has 3 N–H and O–H groups in total. The number of aryl methyl sites for hydroxylation is 1. The summed E-state index contributed by atoms with van der Waals surface area (Å²) < 4.78 is 0. The monoisotopic (exact) mass is 271 g/mol. The first-order valence-electron chi connectivity index (χ1n) is 6.68. The molecule has 0 saturated carbocycles. The number of carbonyl (C=O) groups is 1. The van der Waals surface area contributed by atoms with Crippen molar-refractivity contribution in [3.8, 4) is 11.4 Å². The Hall–Kier alpha value is -2.21. The summed E-state index contributed by atoms with van der Waals surface area (Å²) in [7, 11) is 0. The lowest BCUT2D eigenvalue weighted by Crippen LogP contribution is -2.31. The molecule has 1 aromatic heterocycles. The molecule has 2 heterocycles. The van der Waals surface area contributed by atoms with E-state index in [4.69, 9.17) is 5.73 Å². The van der Waals surface area contributed by atoms with E-state index in [9.17, 15) is 4.79 Å². The molecule has 1 amide bonds. The minimum Gasteiger partial charge on any atom is -0.337 e. The van der Waals surface area contributed by atoms with Gasteiger partial charge in [-0.2, -0.15) is 5.10 Å². The first-order valence-corrected chi connectivity index (χ1v) is 6.68. The third-order valence-corrected chi connectivity index (χ3v) is 3.50. The van der Waals surface area contributed by atoms with Gasteiger partial charge in [0.15, 0.2) is 5.82 Å². The number of hydrogen-bond donors (Lipinski definition) is 2. The van der Waals surface area contributed by atoms with E-state index in [1.165, 1.54) is 0 Å². The van der Waals surface area contributed by atoms with Crippen LogP contribution in [0.5, 0.6) is 0 Å². The molecule has 6 nitrogen and oxygen atoms in total. The van der Waals surface area contributed by atoms with Crippen molar-refractivity contribution in [1.82, 2.24) is 20.1 Å². The van der Waals surface area contributed by atoms with Gasteiger partial charge in [-0.1, -0.05) is 12.1 Å². The number of benzene rings is 1. The number of likely N-dealkylation sites (tertiary alicyclic amines) is 1. The Morgan fingerprint density at radius 2 is 2.15 bits per heavy atom. The fraction of sp³-hybridized carbons (Fsp3) is 0.357. The SMILES string of the molecule is Cc1nc(-c2ccc(C(=O)N3CC[C@H](N)C3)cc2)n[nH]1. The fourth-order valence-electron chi connectivity index (χ4n) is 2.39. The quantitative estimate of drug-likeness (QED) is 0.851. The van der Waals surface area contributed by atoms with Crippen molar-refractivity contribution < 1.29 is 4.79 Å². The number of carbonyl (C=O) groups excluding carboxylic acids is 1. The Balaban J connectivity index is 1.77. The van der Waals surface area contributed by atoms with Crippen LogP contribution in [0.15, 0.2) is 24.3 Å². The van der Waals surface area contributed by atoms with Crippen LogP contribution in [-0.2, 0) is 0 Å². The normalized spacial score (nSPS) is 18.5. The molecule has 1 saturated heterocycles. The molecule has 1 atom stereocenters. The first-order chi connectivity index (χ1) is 9.63. The van der Waals surface area contributed by atoms with Crippen LogP contribution in [0.3, 0.4) is 0 Å². The highest BCUT2D eigenvalue weighted by Crippen LogP contribution is 2.18. The van der Waals surface area contributed by atoms with Gasteiger partial charge in [0.05, 0.1) is 0 Å². The summed E-state index contributed by atoms with van der Waals surface area (Å²) in [6.07, 6.45) is 0.875. The third-order valence-electron chi connectivity index (χ3n) is 3.50. The zero-order chi connectivity index (χ0) is 14.1. The minimum absolute atomic E-state index is 0.0377. The van der Waals surface area contributed by atoms with Crippen molar-refractivity contribution in [3.63, 3.8) is 0 Å². The van der Waals surface area contributed by atoms with E-state index < -0.39 is 0 Å². The van der Waals surface area contributed by atoms with Crippen LogP contribution >= 0.6 is 0 Å². The average molecular weight is 271 g/mol. The van der Waals surface area contributed by atoms with Crippen LogP contribution in [-0.4, -0.2) is 45.1 Å². The van der Waals surface area contributed by atoms with Crippen molar-refractivity contribution in [2.75, 3.05) is 13.1 Å². The highest BCUT2D eigenvalue weighted by molar-refractivity contribution is 5.94. The van der Waals surface area contributed by atoms with Crippen molar-refractivity contribution in [1.29, 1.82) is 0 Å². The van der Waals surface area contributed by atoms with Crippen LogP contribution in [0.1, 0.15) is 22.6 Å². The minimum atomic E-state index is 0.0377. The molecule has 6 heteroatoms. The summed E-state index contributed by atoms with van der Waals surface area (Å²) >= 11 is 0. The first kappa shape index (κ1) is 12.8. The summed E-state index contributed by atoms with van der Waals surface area (Å²) in [6, 6.07) is 7.47. The molecule has 1 fully saturated rings. The number of nitrogens with one attached hydrogen (secondary N) is 1. The van der Waals surface area contributed by atoms with Crippen LogP contribution < -0.4 is 5.73 Å². The zero-order valence-electron chi connectivity index (χ0n) is 11.3. The molecule has 104 valence electrons. The molecular weight excluding hydrogens is 254 g/mol. The van der Waals surface area contributed by atoms with E-state index in [1.54, 1.807) is 4.90 Å². The maximum atomic E-state index is 12.3. The fourth-order valence-corrected chi connectivity index (χ4v) is 2.39. The Labute approximate surface area is 117 Å². The third kappa shape index (κ3) is 2.42. The predicted octanol–water partition coefficient (Wildman–Crippen LogP) is 0.953. The van der Waals surface area contributed by atoms with Crippen LogP contribution in [0.2, 0.25) is 0 Å². The number of nitrogens with zero attached hydrogens (tertiary/aromatic N) is 3. The molecule has 2 aromatic rings. The average Bonchev–Trinajstić information content (AvgIpc) is 3.07. The van der Waals surface area contributed by atoms with Gasteiger partial charge < -0.3 is 10.6 Å². The lowest BCUT2D eigenvalue weighted by atomic mass is 10.1. The number of amides is 1. The summed E-state index contributed by atoms with van der Waals surface area (Å²) in [5, 5.41) is 6.90. The number of aromatic nitrogens is 3. The molecule has 1 aliphatic rings. The molecule has 20 heavy (non-hydrogen) atoms. The predicted molar refractivity (Wildman–Crippen MR) is 75.1 cm³/mol. The van der Waals surface area contributed by atoms with Gasteiger partial charge >= 0.3 is 0 Å². The van der Waals surface area contributed by atoms with Gasteiger partial charge in [0.25, 0.3) is 5.91 Å². The summed E-state index contributed by atoms with van der Waals surface area (Å²) in [5.41, 5.74) is 7.40. The van der Waals surface area contributed by atoms with Crippen LogP contribution in [0.4, 0.5) is 0 Å². The number of nitrogens with two attached hydrogens (primary N) is 1. The second-order valence-corrected chi connectivity index (χ2v) is 5.12. The van der Waals surface area contributed by atoms with Gasteiger partial charge in [-0.05, 0) is 25.5 Å². The molecule has 0 radical (unpaired) electrons. The maximum absolute atomic E-state index is 12.3. The smallest absolute Gasteiger partial charge is 0.253 e. The van der Waals surface area contributed by atoms with Crippen molar-refractivity contribution >= 4 is 5.91 Å². The zero-order valence-corrected chi connectivity index (χ0v) is 11.3. The van der Waals surface area contributed by atoms with Crippen LogP contribution in [0.25, 0.3) is 11.4 Å². The van der Waals surface area contributed by atoms with E-state index in [0.29, 0.717) is 17.9 Å². The Morgan fingerprint density at radius 3 is 2.70 bits per heavy atom. The summed E-state index contributed by atoms with van der Waals surface area (Å²) in [4.78, 5) is 18.3. The number of H-pyrrole nitrogens is 1. The summed E-state index contributed by atoms with van der Waals surface area (Å²) in [6.45, 7) is 3.23. The molecule has 0 unspecified atom stereocenters. The van der Waals surface area contributed by atoms with Gasteiger partial charge in [0.1, 0.15) is 5.82 Å². The molecule has 0 spiro atoms. The Kier molecular flexibility index (Phi) is 3.23. The van der Waals surface area contributed by atoms with Crippen molar-refractivity contribution in [2.45, 2.75) is 19.4 Å². The second kappa shape index (κ2) is 5.05. The van der Waals surface area contributed by atoms with Gasteiger partial charge in [-0.3, -0.25) is 9.89 Å². The number of aromatic amines is 1. The van der Waals surface area contributed by atoms with E-state index in [1.807, 2.05) is 31.2 Å². The lowest BCUT2D eigenvalue weighted by Gasteiger charge is -2.15.